The van der Waals surface area contributed by atoms with Crippen LogP contribution in [0, 0.1) is 6.92 Å². The van der Waals surface area contributed by atoms with Crippen molar-refractivity contribution in [3.63, 3.8) is 0 Å². The average molecular weight is 239 g/mol. The molecule has 4 heteroatoms. The number of piperidine rings is 1. The van der Waals surface area contributed by atoms with Crippen molar-refractivity contribution in [2.75, 3.05) is 19.6 Å². The summed E-state index contributed by atoms with van der Waals surface area (Å²) in [5, 5.41) is 1.14. The summed E-state index contributed by atoms with van der Waals surface area (Å²) in [6.45, 7) is 5.55. The minimum absolute atomic E-state index is 0.262. The molecule has 2 N–H and O–H groups in total. The van der Waals surface area contributed by atoms with E-state index in [4.69, 9.17) is 5.73 Å². The van der Waals surface area contributed by atoms with Gasteiger partial charge in [0.2, 0.25) is 0 Å². The van der Waals surface area contributed by atoms with Gasteiger partial charge in [-0.1, -0.05) is 6.42 Å². The molecule has 2 heterocycles. The molecule has 0 radical (unpaired) electrons. The Balaban J connectivity index is 1.77. The van der Waals surface area contributed by atoms with E-state index in [0.717, 1.165) is 18.0 Å². The van der Waals surface area contributed by atoms with Crippen LogP contribution in [0.15, 0.2) is 6.20 Å². The molecule has 0 saturated carbocycles. The molecule has 0 bridgehead atoms. The number of nitrogens with zero attached hydrogens (tertiary/aromatic N) is 2. The number of hydrogen-bond acceptors (Lipinski definition) is 4. The van der Waals surface area contributed by atoms with Gasteiger partial charge in [0.1, 0.15) is 0 Å². The first-order valence-corrected chi connectivity index (χ1v) is 6.95. The Kier molecular flexibility index (Phi) is 4.32. The number of thiazole rings is 1. The van der Waals surface area contributed by atoms with Crippen molar-refractivity contribution in [1.82, 2.24) is 9.88 Å². The summed E-state index contributed by atoms with van der Waals surface area (Å²) in [6.07, 6.45) is 7.01. The number of nitrogens with two attached hydrogens (primary N) is 1. The maximum Gasteiger partial charge on any atom is 0.0896 e. The van der Waals surface area contributed by atoms with E-state index in [1.54, 1.807) is 11.3 Å². The lowest BCUT2D eigenvalue weighted by Gasteiger charge is -2.28. The van der Waals surface area contributed by atoms with Gasteiger partial charge in [0.25, 0.3) is 0 Å². The smallest absolute Gasteiger partial charge is 0.0896 e. The third-order valence-electron chi connectivity index (χ3n) is 3.07. The van der Waals surface area contributed by atoms with Crippen LogP contribution in [0.1, 0.15) is 29.1 Å². The third-order valence-corrected chi connectivity index (χ3v) is 4.01. The Hall–Kier alpha value is -0.450. The first-order chi connectivity index (χ1) is 7.74. The summed E-state index contributed by atoms with van der Waals surface area (Å²) in [5.41, 5.74) is 6.18. The highest BCUT2D eigenvalue weighted by Gasteiger charge is 2.14. The SMILES string of the molecule is Cc1ncc(CC(N)CN2CCCCC2)s1. The molecule has 90 valence electrons. The van der Waals surface area contributed by atoms with E-state index in [1.165, 1.54) is 37.2 Å². The lowest BCUT2D eigenvalue weighted by Crippen LogP contribution is -2.41. The summed E-state index contributed by atoms with van der Waals surface area (Å²) >= 11 is 1.77. The lowest BCUT2D eigenvalue weighted by molar-refractivity contribution is 0.216. The summed E-state index contributed by atoms with van der Waals surface area (Å²) in [4.78, 5) is 8.09. The molecule has 1 aromatic heterocycles. The van der Waals surface area contributed by atoms with Gasteiger partial charge in [-0.15, -0.1) is 11.3 Å². The topological polar surface area (TPSA) is 42.1 Å². The summed E-state index contributed by atoms with van der Waals surface area (Å²) in [6, 6.07) is 0.262. The molecule has 1 aliphatic rings. The first-order valence-electron chi connectivity index (χ1n) is 6.13. The van der Waals surface area contributed by atoms with Crippen LogP contribution in [0.5, 0.6) is 0 Å². The molecule has 1 saturated heterocycles. The number of aromatic nitrogens is 1. The van der Waals surface area contributed by atoms with Crippen LogP contribution in [-0.2, 0) is 6.42 Å². The highest BCUT2D eigenvalue weighted by molar-refractivity contribution is 7.11. The maximum atomic E-state index is 6.18. The van der Waals surface area contributed by atoms with E-state index in [0.29, 0.717) is 0 Å². The summed E-state index contributed by atoms with van der Waals surface area (Å²) in [5.74, 6) is 0. The number of rotatable bonds is 4. The van der Waals surface area contributed by atoms with Crippen molar-refractivity contribution < 1.29 is 0 Å². The van der Waals surface area contributed by atoms with Crippen LogP contribution < -0.4 is 5.73 Å². The van der Waals surface area contributed by atoms with Gasteiger partial charge in [0, 0.05) is 23.7 Å². The molecular weight excluding hydrogens is 218 g/mol. The van der Waals surface area contributed by atoms with E-state index < -0.39 is 0 Å². The molecule has 2 rings (SSSR count). The van der Waals surface area contributed by atoms with Gasteiger partial charge in [-0.25, -0.2) is 4.98 Å². The third kappa shape index (κ3) is 3.54. The zero-order chi connectivity index (χ0) is 11.4. The van der Waals surface area contributed by atoms with Crippen molar-refractivity contribution in [3.8, 4) is 0 Å². The Morgan fingerprint density at radius 2 is 2.19 bits per heavy atom. The fourth-order valence-corrected chi connectivity index (χ4v) is 3.18. The highest BCUT2D eigenvalue weighted by atomic mass is 32.1. The van der Waals surface area contributed by atoms with E-state index in [1.807, 2.05) is 13.1 Å². The second-order valence-corrected chi connectivity index (χ2v) is 5.99. The maximum absolute atomic E-state index is 6.18. The van der Waals surface area contributed by atoms with Gasteiger partial charge in [-0.3, -0.25) is 0 Å². The monoisotopic (exact) mass is 239 g/mol. The zero-order valence-electron chi connectivity index (χ0n) is 9.98. The van der Waals surface area contributed by atoms with Gasteiger partial charge in [0.15, 0.2) is 0 Å². The Bertz CT molecular complexity index is 318. The van der Waals surface area contributed by atoms with Crippen molar-refractivity contribution in [2.45, 2.75) is 38.6 Å². The minimum atomic E-state index is 0.262. The van der Waals surface area contributed by atoms with Crippen LogP contribution in [0.3, 0.4) is 0 Å². The molecule has 1 fully saturated rings. The fourth-order valence-electron chi connectivity index (χ4n) is 2.30. The predicted octanol–water partition coefficient (Wildman–Crippen LogP) is 1.81. The van der Waals surface area contributed by atoms with Crippen LogP contribution >= 0.6 is 11.3 Å². The molecule has 0 spiro atoms. The van der Waals surface area contributed by atoms with Crippen LogP contribution in [-0.4, -0.2) is 35.6 Å². The van der Waals surface area contributed by atoms with Crippen molar-refractivity contribution >= 4 is 11.3 Å². The lowest BCUT2D eigenvalue weighted by atomic mass is 10.1. The second-order valence-electron chi connectivity index (χ2n) is 4.67. The average Bonchev–Trinajstić information content (AvgIpc) is 2.65. The molecule has 1 aliphatic heterocycles. The first kappa shape index (κ1) is 12.0. The van der Waals surface area contributed by atoms with E-state index >= 15 is 0 Å². The van der Waals surface area contributed by atoms with Gasteiger partial charge in [-0.05, 0) is 39.3 Å². The van der Waals surface area contributed by atoms with Crippen LogP contribution in [0.4, 0.5) is 0 Å². The van der Waals surface area contributed by atoms with Gasteiger partial charge in [-0.2, -0.15) is 0 Å². The highest BCUT2D eigenvalue weighted by Crippen LogP contribution is 2.14. The Morgan fingerprint density at radius 3 is 2.81 bits per heavy atom. The number of hydrogen-bond donors (Lipinski definition) is 1. The fraction of sp³-hybridized carbons (Fsp3) is 0.750. The Morgan fingerprint density at radius 1 is 1.44 bits per heavy atom. The molecule has 16 heavy (non-hydrogen) atoms. The molecule has 3 nitrogen and oxygen atoms in total. The van der Waals surface area contributed by atoms with Crippen LogP contribution in [0.2, 0.25) is 0 Å². The molecule has 0 amide bonds. The Labute approximate surface area is 102 Å². The number of aryl methyl sites for hydroxylation is 1. The standard InChI is InChI=1S/C12H21N3S/c1-10-14-8-12(16-10)7-11(13)9-15-5-3-2-4-6-15/h8,11H,2-7,9,13H2,1H3. The van der Waals surface area contributed by atoms with Crippen molar-refractivity contribution in [1.29, 1.82) is 0 Å². The van der Waals surface area contributed by atoms with Crippen molar-refractivity contribution in [2.24, 2.45) is 5.73 Å². The van der Waals surface area contributed by atoms with Gasteiger partial charge < -0.3 is 10.6 Å². The van der Waals surface area contributed by atoms with Gasteiger partial charge in [0.05, 0.1) is 5.01 Å². The largest absolute Gasteiger partial charge is 0.326 e. The zero-order valence-corrected chi connectivity index (χ0v) is 10.8. The molecule has 1 atom stereocenters. The quantitative estimate of drug-likeness (QED) is 0.871. The normalized spacial score (nSPS) is 19.9. The molecular formula is C12H21N3S. The van der Waals surface area contributed by atoms with Crippen LogP contribution in [0.25, 0.3) is 0 Å². The van der Waals surface area contributed by atoms with Crippen molar-refractivity contribution in [3.05, 3.63) is 16.1 Å². The summed E-state index contributed by atoms with van der Waals surface area (Å²) in [7, 11) is 0. The van der Waals surface area contributed by atoms with E-state index in [9.17, 15) is 0 Å². The number of likely N-dealkylation sites (tertiary alicyclic amines) is 1. The second kappa shape index (κ2) is 5.75. The minimum Gasteiger partial charge on any atom is -0.326 e. The molecule has 1 aromatic rings. The molecule has 1 unspecified atom stereocenters. The predicted molar refractivity (Wildman–Crippen MR) is 68.8 cm³/mol. The van der Waals surface area contributed by atoms with Gasteiger partial charge >= 0.3 is 0 Å². The molecule has 0 aromatic carbocycles. The van der Waals surface area contributed by atoms with E-state index in [2.05, 4.69) is 9.88 Å². The summed E-state index contributed by atoms with van der Waals surface area (Å²) < 4.78 is 0. The van der Waals surface area contributed by atoms with E-state index in [-0.39, 0.29) is 6.04 Å². The molecule has 0 aliphatic carbocycles.